The first-order chi connectivity index (χ1) is 16.4. The SMILES string of the molecule is O=C(Nc1ncc(F)cc1F)c1cc(NC(=O)C2C(c3cc(F)c(F)c(F)c3)C2(Cl)Cl)ccc1Cl. The lowest BCUT2D eigenvalue weighted by atomic mass is 10.1. The van der Waals surface area contributed by atoms with Crippen molar-refractivity contribution in [3.63, 3.8) is 0 Å². The zero-order valence-corrected chi connectivity index (χ0v) is 19.3. The number of carbonyl (C=O) groups is 2. The second kappa shape index (κ2) is 9.25. The van der Waals surface area contributed by atoms with Crippen molar-refractivity contribution in [2.75, 3.05) is 10.6 Å². The number of pyridine rings is 1. The first kappa shape index (κ1) is 25.2. The van der Waals surface area contributed by atoms with Crippen LogP contribution in [0.25, 0.3) is 0 Å². The van der Waals surface area contributed by atoms with Gasteiger partial charge in [-0.3, -0.25) is 9.59 Å². The fourth-order valence-corrected chi connectivity index (χ4v) is 4.53. The minimum atomic E-state index is -1.74. The molecule has 0 aliphatic heterocycles. The lowest BCUT2D eigenvalue weighted by Gasteiger charge is -2.10. The molecule has 2 aromatic carbocycles. The molecule has 1 fully saturated rings. The topological polar surface area (TPSA) is 71.1 Å². The largest absolute Gasteiger partial charge is 0.326 e. The molecule has 0 spiro atoms. The summed E-state index contributed by atoms with van der Waals surface area (Å²) in [6, 6.07) is 5.69. The minimum absolute atomic E-state index is 0.0586. The second-order valence-corrected chi connectivity index (χ2v) is 9.40. The highest BCUT2D eigenvalue weighted by molar-refractivity contribution is 6.53. The van der Waals surface area contributed by atoms with Gasteiger partial charge in [-0.15, -0.1) is 23.2 Å². The molecule has 1 aliphatic rings. The fraction of sp³-hybridized carbons (Fsp3) is 0.136. The van der Waals surface area contributed by atoms with E-state index in [-0.39, 0.29) is 21.8 Å². The van der Waals surface area contributed by atoms with Crippen molar-refractivity contribution in [1.29, 1.82) is 0 Å². The molecule has 0 saturated heterocycles. The van der Waals surface area contributed by atoms with E-state index in [1.54, 1.807) is 0 Å². The quantitative estimate of drug-likeness (QED) is 0.226. The minimum Gasteiger partial charge on any atom is -0.326 e. The Morgan fingerprint density at radius 2 is 1.57 bits per heavy atom. The van der Waals surface area contributed by atoms with Gasteiger partial charge < -0.3 is 10.6 Å². The summed E-state index contributed by atoms with van der Waals surface area (Å²) in [4.78, 5) is 28.8. The first-order valence-corrected chi connectivity index (χ1v) is 10.8. The van der Waals surface area contributed by atoms with Crippen LogP contribution in [-0.4, -0.2) is 21.1 Å². The standard InChI is InChI=1S/C22H11Cl3F5N3O2/c23-12-2-1-10(6-11(12)20(34)33-19-15(29)5-9(26)7-31-19)32-21(35)17-16(22(17,24)25)8-3-13(27)18(30)14(28)4-8/h1-7,16-17H,(H,32,35)(H,31,33,34). The summed E-state index contributed by atoms with van der Waals surface area (Å²) in [5.41, 5.74) is -0.243. The number of anilines is 2. The highest BCUT2D eigenvalue weighted by Gasteiger charge is 2.67. The highest BCUT2D eigenvalue weighted by Crippen LogP contribution is 2.65. The zero-order chi connectivity index (χ0) is 25.7. The lowest BCUT2D eigenvalue weighted by Crippen LogP contribution is -2.19. The van der Waals surface area contributed by atoms with Gasteiger partial charge in [0.05, 0.1) is 22.7 Å². The van der Waals surface area contributed by atoms with Crippen LogP contribution in [0.2, 0.25) is 5.02 Å². The Labute approximate surface area is 209 Å². The highest BCUT2D eigenvalue weighted by atomic mass is 35.5. The van der Waals surface area contributed by atoms with E-state index < -0.39 is 62.9 Å². The van der Waals surface area contributed by atoms with E-state index in [0.29, 0.717) is 24.4 Å². The number of hydrogen-bond donors (Lipinski definition) is 2. The normalized spacial score (nSPS) is 18.2. The molecule has 0 radical (unpaired) electrons. The summed E-state index contributed by atoms with van der Waals surface area (Å²) >= 11 is 18.3. The number of rotatable bonds is 5. The molecule has 2 amide bonds. The molecule has 2 unspecified atom stereocenters. The van der Waals surface area contributed by atoms with Crippen molar-refractivity contribution >= 4 is 58.1 Å². The van der Waals surface area contributed by atoms with Gasteiger partial charge in [0.25, 0.3) is 5.91 Å². The van der Waals surface area contributed by atoms with E-state index in [1.165, 1.54) is 12.1 Å². The molecule has 1 aliphatic carbocycles. The van der Waals surface area contributed by atoms with Gasteiger partial charge >= 0.3 is 0 Å². The predicted molar refractivity (Wildman–Crippen MR) is 119 cm³/mol. The molecule has 2 atom stereocenters. The average molecular weight is 551 g/mol. The zero-order valence-electron chi connectivity index (χ0n) is 17.0. The smallest absolute Gasteiger partial charge is 0.258 e. The molecule has 1 saturated carbocycles. The molecule has 0 bridgehead atoms. The number of nitrogens with one attached hydrogen (secondary N) is 2. The fourth-order valence-electron chi connectivity index (χ4n) is 3.50. The first-order valence-electron chi connectivity index (χ1n) is 9.65. The van der Waals surface area contributed by atoms with Crippen molar-refractivity contribution in [3.8, 4) is 0 Å². The van der Waals surface area contributed by atoms with Crippen LogP contribution >= 0.6 is 34.8 Å². The van der Waals surface area contributed by atoms with Crippen LogP contribution in [0.1, 0.15) is 21.8 Å². The second-order valence-electron chi connectivity index (χ2n) is 7.55. The molecule has 182 valence electrons. The lowest BCUT2D eigenvalue weighted by molar-refractivity contribution is -0.117. The van der Waals surface area contributed by atoms with Gasteiger partial charge in [0, 0.05) is 17.7 Å². The number of hydrogen-bond acceptors (Lipinski definition) is 3. The summed E-state index contributed by atoms with van der Waals surface area (Å²) < 4.78 is 65.6. The van der Waals surface area contributed by atoms with E-state index in [1.807, 2.05) is 0 Å². The number of aromatic nitrogens is 1. The van der Waals surface area contributed by atoms with Crippen LogP contribution in [0.5, 0.6) is 0 Å². The van der Waals surface area contributed by atoms with Gasteiger partial charge in [-0.05, 0) is 35.9 Å². The van der Waals surface area contributed by atoms with E-state index in [0.717, 1.165) is 6.07 Å². The summed E-state index contributed by atoms with van der Waals surface area (Å²) in [6.45, 7) is 0. The summed E-state index contributed by atoms with van der Waals surface area (Å²) in [5, 5.41) is 4.53. The summed E-state index contributed by atoms with van der Waals surface area (Å²) in [6.07, 6.45) is 0.701. The molecular formula is C22H11Cl3F5N3O2. The number of amides is 2. The maximum absolute atomic E-state index is 13.8. The Kier molecular flexibility index (Phi) is 6.65. The Morgan fingerprint density at radius 1 is 0.914 bits per heavy atom. The Hall–Kier alpha value is -2.95. The van der Waals surface area contributed by atoms with E-state index in [2.05, 4.69) is 15.6 Å². The monoisotopic (exact) mass is 549 g/mol. The molecule has 1 heterocycles. The van der Waals surface area contributed by atoms with Crippen molar-refractivity contribution in [3.05, 3.63) is 87.8 Å². The van der Waals surface area contributed by atoms with Crippen molar-refractivity contribution in [1.82, 2.24) is 4.98 Å². The molecule has 35 heavy (non-hydrogen) atoms. The van der Waals surface area contributed by atoms with Crippen LogP contribution in [0.3, 0.4) is 0 Å². The molecule has 4 rings (SSSR count). The number of carbonyl (C=O) groups excluding carboxylic acids is 2. The van der Waals surface area contributed by atoms with Crippen LogP contribution in [0.4, 0.5) is 33.5 Å². The number of nitrogens with zero attached hydrogens (tertiary/aromatic N) is 1. The number of alkyl halides is 2. The molecular weight excluding hydrogens is 540 g/mol. The summed E-state index contributed by atoms with van der Waals surface area (Å²) in [5.74, 6) is -11.1. The third-order valence-corrected chi connectivity index (χ3v) is 6.49. The third-order valence-electron chi connectivity index (χ3n) is 5.22. The molecule has 2 N–H and O–H groups in total. The average Bonchev–Trinajstić information content (AvgIpc) is 3.37. The van der Waals surface area contributed by atoms with Crippen molar-refractivity contribution in [2.24, 2.45) is 5.92 Å². The van der Waals surface area contributed by atoms with E-state index in [9.17, 15) is 31.5 Å². The van der Waals surface area contributed by atoms with Gasteiger partial charge in [-0.2, -0.15) is 0 Å². The third kappa shape index (κ3) is 4.91. The van der Waals surface area contributed by atoms with Crippen LogP contribution in [0.15, 0.2) is 42.6 Å². The Bertz CT molecular complexity index is 1350. The van der Waals surface area contributed by atoms with Crippen LogP contribution < -0.4 is 10.6 Å². The Balaban J connectivity index is 1.52. The molecule has 13 heteroatoms. The van der Waals surface area contributed by atoms with Gasteiger partial charge in [0.15, 0.2) is 29.1 Å². The van der Waals surface area contributed by atoms with Gasteiger partial charge in [-0.25, -0.2) is 26.9 Å². The van der Waals surface area contributed by atoms with E-state index in [4.69, 9.17) is 34.8 Å². The summed E-state index contributed by atoms with van der Waals surface area (Å²) in [7, 11) is 0. The van der Waals surface area contributed by atoms with Gasteiger partial charge in [0.1, 0.15) is 10.2 Å². The van der Waals surface area contributed by atoms with Gasteiger partial charge in [-0.1, -0.05) is 11.6 Å². The number of halogens is 8. The maximum atomic E-state index is 13.8. The van der Waals surface area contributed by atoms with Gasteiger partial charge in [0.2, 0.25) is 5.91 Å². The number of benzene rings is 2. The Morgan fingerprint density at radius 3 is 2.20 bits per heavy atom. The van der Waals surface area contributed by atoms with Crippen molar-refractivity contribution < 1.29 is 31.5 Å². The van der Waals surface area contributed by atoms with E-state index >= 15 is 0 Å². The predicted octanol–water partition coefficient (Wildman–Crippen LogP) is 6.21. The van der Waals surface area contributed by atoms with Crippen LogP contribution in [-0.2, 0) is 4.79 Å². The molecule has 3 aromatic rings. The molecule has 1 aromatic heterocycles. The van der Waals surface area contributed by atoms with Crippen molar-refractivity contribution in [2.45, 2.75) is 10.3 Å². The maximum Gasteiger partial charge on any atom is 0.258 e. The van der Waals surface area contributed by atoms with Crippen LogP contribution in [0, 0.1) is 35.0 Å². The molecule has 5 nitrogen and oxygen atoms in total.